The van der Waals surface area contributed by atoms with Crippen LogP contribution in [0.4, 0.5) is 0 Å². The summed E-state index contributed by atoms with van der Waals surface area (Å²) >= 11 is 5.41. The average molecular weight is 272 g/mol. The molecule has 0 unspecified atom stereocenters. The molecule has 0 spiro atoms. The molecule has 2 heterocycles. The minimum Gasteiger partial charge on any atom is -0.330 e. The highest BCUT2D eigenvalue weighted by atomic mass is 32.1. The van der Waals surface area contributed by atoms with E-state index in [1.165, 1.54) is 11.1 Å². The molecule has 19 heavy (non-hydrogen) atoms. The fourth-order valence-electron chi connectivity index (χ4n) is 2.37. The van der Waals surface area contributed by atoms with Crippen LogP contribution in [0.15, 0.2) is 36.7 Å². The monoisotopic (exact) mass is 272 g/mol. The van der Waals surface area contributed by atoms with Gasteiger partial charge in [0.05, 0.1) is 11.0 Å². The quantitative estimate of drug-likeness (QED) is 0.740. The van der Waals surface area contributed by atoms with Crippen molar-refractivity contribution in [2.75, 3.05) is 0 Å². The molecule has 4 nitrogen and oxygen atoms in total. The predicted molar refractivity (Wildman–Crippen MR) is 78.7 cm³/mol. The molecule has 0 aliphatic carbocycles. The Hall–Kier alpha value is -1.88. The first kappa shape index (κ1) is 12.2. The third-order valence-corrected chi connectivity index (χ3v) is 3.67. The van der Waals surface area contributed by atoms with Crippen LogP contribution in [0, 0.1) is 11.7 Å². The maximum atomic E-state index is 5.41. The highest BCUT2D eigenvalue weighted by Gasteiger charge is 2.05. The van der Waals surface area contributed by atoms with Gasteiger partial charge in [0.25, 0.3) is 0 Å². The van der Waals surface area contributed by atoms with Crippen LogP contribution in [0.25, 0.3) is 11.0 Å². The highest BCUT2D eigenvalue weighted by Crippen LogP contribution is 2.18. The molecule has 0 saturated carbocycles. The maximum absolute atomic E-state index is 5.41. The number of aromatic nitrogens is 4. The van der Waals surface area contributed by atoms with E-state index in [0.29, 0.717) is 0 Å². The number of nitrogens with zero attached hydrogens (tertiary/aromatic N) is 3. The Morgan fingerprint density at radius 3 is 2.95 bits per heavy atom. The van der Waals surface area contributed by atoms with Gasteiger partial charge in [0.1, 0.15) is 0 Å². The Bertz CT molecular complexity index is 736. The Kier molecular flexibility index (Phi) is 3.21. The van der Waals surface area contributed by atoms with E-state index < -0.39 is 0 Å². The van der Waals surface area contributed by atoms with E-state index in [2.05, 4.69) is 39.8 Å². The number of H-pyrrole nitrogens is 1. The number of nitrogens with one attached hydrogen (secondary N) is 1. The van der Waals surface area contributed by atoms with E-state index in [-0.39, 0.29) is 0 Å². The summed E-state index contributed by atoms with van der Waals surface area (Å²) in [5.74, 6) is 0. The first-order chi connectivity index (χ1) is 9.25. The second-order valence-electron chi connectivity index (χ2n) is 4.67. The molecule has 0 amide bonds. The zero-order chi connectivity index (χ0) is 13.2. The molecule has 1 aromatic carbocycles. The van der Waals surface area contributed by atoms with Crippen molar-refractivity contribution in [2.45, 2.75) is 26.4 Å². The summed E-state index contributed by atoms with van der Waals surface area (Å²) in [5, 5.41) is 4.21. The minimum absolute atomic E-state index is 0.796. The van der Waals surface area contributed by atoms with E-state index >= 15 is 0 Å². The first-order valence-electron chi connectivity index (χ1n) is 6.41. The fourth-order valence-corrected chi connectivity index (χ4v) is 2.66. The lowest BCUT2D eigenvalue weighted by molar-refractivity contribution is 0.530. The third kappa shape index (κ3) is 2.33. The zero-order valence-electron chi connectivity index (χ0n) is 10.8. The number of imidazole rings is 1. The smallest absolute Gasteiger partial charge is 0.178 e. The van der Waals surface area contributed by atoms with Gasteiger partial charge >= 0.3 is 0 Å². The standard InChI is InChI=1S/C14H16N4S/c1-11-5-2-6-12-13(11)16-14(19)18(12)10-4-9-17-8-3-7-15-17/h2-3,5-8H,4,9-10H2,1H3,(H,16,19). The summed E-state index contributed by atoms with van der Waals surface area (Å²) in [6, 6.07) is 8.23. The second-order valence-corrected chi connectivity index (χ2v) is 5.06. The molecule has 98 valence electrons. The van der Waals surface area contributed by atoms with E-state index in [0.717, 1.165) is 29.8 Å². The molecule has 5 heteroatoms. The van der Waals surface area contributed by atoms with Gasteiger partial charge in [-0.15, -0.1) is 0 Å². The van der Waals surface area contributed by atoms with Crippen LogP contribution in [-0.4, -0.2) is 19.3 Å². The molecule has 0 aliphatic rings. The Morgan fingerprint density at radius 1 is 1.26 bits per heavy atom. The Labute approximate surface area is 116 Å². The summed E-state index contributed by atoms with van der Waals surface area (Å²) < 4.78 is 4.91. The molecule has 0 saturated heterocycles. The van der Waals surface area contributed by atoms with Crippen molar-refractivity contribution < 1.29 is 0 Å². The molecule has 1 N–H and O–H groups in total. The Morgan fingerprint density at radius 2 is 2.16 bits per heavy atom. The van der Waals surface area contributed by atoms with E-state index in [4.69, 9.17) is 12.2 Å². The van der Waals surface area contributed by atoms with Crippen molar-refractivity contribution in [1.82, 2.24) is 19.3 Å². The number of aryl methyl sites for hydroxylation is 3. The van der Waals surface area contributed by atoms with Crippen molar-refractivity contribution >= 4 is 23.3 Å². The summed E-state index contributed by atoms with van der Waals surface area (Å²) in [5.41, 5.74) is 3.56. The molecule has 0 fully saturated rings. The van der Waals surface area contributed by atoms with Gasteiger partial charge in [0.15, 0.2) is 4.77 Å². The summed E-state index contributed by atoms with van der Waals surface area (Å²) in [6.45, 7) is 3.91. The number of aromatic amines is 1. The first-order valence-corrected chi connectivity index (χ1v) is 6.82. The number of fused-ring (bicyclic) bond motifs is 1. The maximum Gasteiger partial charge on any atom is 0.178 e. The molecule has 0 bridgehead atoms. The predicted octanol–water partition coefficient (Wildman–Crippen LogP) is 3.29. The van der Waals surface area contributed by atoms with Crippen molar-refractivity contribution in [2.24, 2.45) is 0 Å². The molecule has 0 radical (unpaired) electrons. The summed E-state index contributed by atoms with van der Waals surface area (Å²) in [6.07, 6.45) is 4.80. The van der Waals surface area contributed by atoms with Crippen molar-refractivity contribution in [3.05, 3.63) is 47.0 Å². The Balaban J connectivity index is 1.83. The van der Waals surface area contributed by atoms with Gasteiger partial charge < -0.3 is 9.55 Å². The SMILES string of the molecule is Cc1cccc2c1[nH]c(=S)n2CCCn1cccn1. The highest BCUT2D eigenvalue weighted by molar-refractivity contribution is 7.71. The number of para-hydroxylation sites is 1. The topological polar surface area (TPSA) is 38.5 Å². The number of hydrogen-bond donors (Lipinski definition) is 1. The van der Waals surface area contributed by atoms with Crippen LogP contribution in [0.3, 0.4) is 0 Å². The minimum atomic E-state index is 0.796. The van der Waals surface area contributed by atoms with Gasteiger partial charge in [-0.2, -0.15) is 5.10 Å². The molecular weight excluding hydrogens is 256 g/mol. The van der Waals surface area contributed by atoms with Crippen LogP contribution in [0.2, 0.25) is 0 Å². The van der Waals surface area contributed by atoms with Crippen LogP contribution >= 0.6 is 12.2 Å². The summed E-state index contributed by atoms with van der Waals surface area (Å²) in [4.78, 5) is 3.29. The lowest BCUT2D eigenvalue weighted by Crippen LogP contribution is -2.04. The van der Waals surface area contributed by atoms with Crippen molar-refractivity contribution in [1.29, 1.82) is 0 Å². The molecular formula is C14H16N4S. The molecule has 3 rings (SSSR count). The number of hydrogen-bond acceptors (Lipinski definition) is 2. The van der Waals surface area contributed by atoms with Crippen LogP contribution in [0.1, 0.15) is 12.0 Å². The van der Waals surface area contributed by atoms with Crippen LogP contribution in [0.5, 0.6) is 0 Å². The third-order valence-electron chi connectivity index (χ3n) is 3.35. The lowest BCUT2D eigenvalue weighted by atomic mass is 10.2. The van der Waals surface area contributed by atoms with Crippen molar-refractivity contribution in [3.8, 4) is 0 Å². The lowest BCUT2D eigenvalue weighted by Gasteiger charge is -2.05. The fraction of sp³-hybridized carbons (Fsp3) is 0.286. The van der Waals surface area contributed by atoms with Gasteiger partial charge in [0.2, 0.25) is 0 Å². The van der Waals surface area contributed by atoms with Gasteiger partial charge in [-0.25, -0.2) is 0 Å². The average Bonchev–Trinajstić information content (AvgIpc) is 3.00. The number of benzene rings is 1. The van der Waals surface area contributed by atoms with Crippen molar-refractivity contribution in [3.63, 3.8) is 0 Å². The van der Waals surface area contributed by atoms with Crippen LogP contribution < -0.4 is 0 Å². The molecule has 3 aromatic rings. The molecule has 2 aromatic heterocycles. The van der Waals surface area contributed by atoms with Crippen LogP contribution in [-0.2, 0) is 13.1 Å². The molecule has 0 aliphatic heterocycles. The van der Waals surface area contributed by atoms with Gasteiger partial charge in [-0.1, -0.05) is 12.1 Å². The summed E-state index contributed by atoms with van der Waals surface area (Å²) in [7, 11) is 0. The van der Waals surface area contributed by atoms with E-state index in [1.54, 1.807) is 6.20 Å². The van der Waals surface area contributed by atoms with Gasteiger partial charge in [-0.3, -0.25) is 4.68 Å². The zero-order valence-corrected chi connectivity index (χ0v) is 11.7. The van der Waals surface area contributed by atoms with Gasteiger partial charge in [0, 0.05) is 25.5 Å². The van der Waals surface area contributed by atoms with Gasteiger partial charge in [-0.05, 0) is 43.3 Å². The largest absolute Gasteiger partial charge is 0.330 e. The van der Waals surface area contributed by atoms with E-state index in [1.807, 2.05) is 16.9 Å². The second kappa shape index (κ2) is 5.01. The normalized spacial score (nSPS) is 11.2. The van der Waals surface area contributed by atoms with E-state index in [9.17, 15) is 0 Å². The number of rotatable bonds is 4. The molecule has 0 atom stereocenters.